The number of carbonyl (C=O) groups excluding carboxylic acids is 2. The van der Waals surface area contributed by atoms with E-state index < -0.39 is 11.4 Å². The summed E-state index contributed by atoms with van der Waals surface area (Å²) in [7, 11) is 0. The quantitative estimate of drug-likeness (QED) is 0.644. The summed E-state index contributed by atoms with van der Waals surface area (Å²) in [6.07, 6.45) is 0. The minimum absolute atomic E-state index is 0.0794. The Kier molecular flexibility index (Phi) is 6.02. The fraction of sp³-hybridized carbons (Fsp3) is 0.429. The summed E-state index contributed by atoms with van der Waals surface area (Å²) in [5.41, 5.74) is 5.54. The predicted octanol–water partition coefficient (Wildman–Crippen LogP) is 2.42. The molecule has 1 amide bonds. The number of carbonyl (C=O) groups is 2. The minimum Gasteiger partial charge on any atom is -0.459 e. The molecular formula is C14H19FN2O3S. The number of nitrogens with one attached hydrogen (secondary N) is 1. The van der Waals surface area contributed by atoms with Crippen molar-refractivity contribution in [2.75, 3.05) is 22.6 Å². The zero-order chi connectivity index (χ0) is 16.0. The van der Waals surface area contributed by atoms with Crippen molar-refractivity contribution in [3.8, 4) is 0 Å². The Morgan fingerprint density at radius 2 is 2.00 bits per heavy atom. The van der Waals surface area contributed by atoms with Gasteiger partial charge in [-0.1, -0.05) is 0 Å². The zero-order valence-corrected chi connectivity index (χ0v) is 13.1. The van der Waals surface area contributed by atoms with Crippen molar-refractivity contribution in [1.82, 2.24) is 0 Å². The molecule has 21 heavy (non-hydrogen) atoms. The van der Waals surface area contributed by atoms with Crippen LogP contribution in [0.4, 0.5) is 15.8 Å². The normalized spacial score (nSPS) is 11.0. The first-order chi connectivity index (χ1) is 9.67. The van der Waals surface area contributed by atoms with E-state index in [0.717, 1.165) is 17.8 Å². The maximum absolute atomic E-state index is 12.9. The second-order valence-corrected chi connectivity index (χ2v) is 6.34. The Bertz CT molecular complexity index is 529. The predicted molar refractivity (Wildman–Crippen MR) is 82.6 cm³/mol. The van der Waals surface area contributed by atoms with Crippen molar-refractivity contribution in [3.05, 3.63) is 24.0 Å². The van der Waals surface area contributed by atoms with Gasteiger partial charge in [0.05, 0.1) is 22.9 Å². The molecule has 0 bridgehead atoms. The number of nitrogen functional groups attached to an aromatic ring is 1. The topological polar surface area (TPSA) is 81.4 Å². The highest BCUT2D eigenvalue weighted by Crippen LogP contribution is 2.19. The SMILES string of the molecule is CC(C)(C)OC(=O)CSCC(=O)Nc1ccc(F)cc1N. The number of thioether (sulfide) groups is 1. The van der Waals surface area contributed by atoms with Crippen LogP contribution in [-0.2, 0) is 14.3 Å². The molecule has 0 aliphatic rings. The lowest BCUT2D eigenvalue weighted by atomic mass is 10.2. The maximum Gasteiger partial charge on any atom is 0.316 e. The Balaban J connectivity index is 2.36. The van der Waals surface area contributed by atoms with Crippen molar-refractivity contribution in [1.29, 1.82) is 0 Å². The van der Waals surface area contributed by atoms with E-state index in [2.05, 4.69) is 5.32 Å². The number of nitrogens with two attached hydrogens (primary N) is 1. The number of hydrogen-bond donors (Lipinski definition) is 2. The Labute approximate surface area is 127 Å². The molecule has 0 saturated heterocycles. The monoisotopic (exact) mass is 314 g/mol. The molecule has 116 valence electrons. The van der Waals surface area contributed by atoms with E-state index in [4.69, 9.17) is 10.5 Å². The number of esters is 1. The Morgan fingerprint density at radius 1 is 1.33 bits per heavy atom. The Morgan fingerprint density at radius 3 is 2.57 bits per heavy atom. The van der Waals surface area contributed by atoms with E-state index in [1.807, 2.05) is 0 Å². The van der Waals surface area contributed by atoms with Gasteiger partial charge in [-0.3, -0.25) is 9.59 Å². The van der Waals surface area contributed by atoms with Crippen LogP contribution < -0.4 is 11.1 Å². The van der Waals surface area contributed by atoms with Crippen LogP contribution >= 0.6 is 11.8 Å². The van der Waals surface area contributed by atoms with Crippen molar-refractivity contribution in [2.45, 2.75) is 26.4 Å². The van der Waals surface area contributed by atoms with E-state index in [-0.39, 0.29) is 29.1 Å². The molecular weight excluding hydrogens is 295 g/mol. The van der Waals surface area contributed by atoms with Crippen LogP contribution in [0.3, 0.4) is 0 Å². The van der Waals surface area contributed by atoms with Gasteiger partial charge in [0, 0.05) is 0 Å². The lowest BCUT2D eigenvalue weighted by Gasteiger charge is -2.19. The molecule has 0 saturated carbocycles. The molecule has 0 aliphatic carbocycles. The largest absolute Gasteiger partial charge is 0.459 e. The van der Waals surface area contributed by atoms with Crippen LogP contribution in [-0.4, -0.2) is 29.0 Å². The van der Waals surface area contributed by atoms with Gasteiger partial charge in [-0.2, -0.15) is 0 Å². The number of benzene rings is 1. The first kappa shape index (κ1) is 17.3. The molecule has 1 aromatic carbocycles. The second-order valence-electron chi connectivity index (χ2n) is 5.36. The highest BCUT2D eigenvalue weighted by atomic mass is 32.2. The highest BCUT2D eigenvalue weighted by molar-refractivity contribution is 8.00. The van der Waals surface area contributed by atoms with Gasteiger partial charge in [0.2, 0.25) is 5.91 Å². The number of rotatable bonds is 5. The smallest absolute Gasteiger partial charge is 0.316 e. The molecule has 0 atom stereocenters. The second kappa shape index (κ2) is 7.31. The van der Waals surface area contributed by atoms with E-state index in [9.17, 15) is 14.0 Å². The number of amides is 1. The third kappa shape index (κ3) is 6.99. The third-order valence-electron chi connectivity index (χ3n) is 2.16. The average molecular weight is 314 g/mol. The summed E-state index contributed by atoms with van der Waals surface area (Å²) in [4.78, 5) is 23.1. The van der Waals surface area contributed by atoms with Crippen LogP contribution in [0.15, 0.2) is 18.2 Å². The van der Waals surface area contributed by atoms with Gasteiger partial charge in [-0.15, -0.1) is 11.8 Å². The third-order valence-corrected chi connectivity index (χ3v) is 3.07. The average Bonchev–Trinajstić information content (AvgIpc) is 2.30. The van der Waals surface area contributed by atoms with Crippen molar-refractivity contribution >= 4 is 35.0 Å². The maximum atomic E-state index is 12.9. The summed E-state index contributed by atoms with van der Waals surface area (Å²) in [6.45, 7) is 5.33. The van der Waals surface area contributed by atoms with Crippen molar-refractivity contribution in [3.63, 3.8) is 0 Å². The summed E-state index contributed by atoms with van der Waals surface area (Å²) in [5, 5.41) is 2.56. The summed E-state index contributed by atoms with van der Waals surface area (Å²) >= 11 is 1.14. The van der Waals surface area contributed by atoms with E-state index in [1.165, 1.54) is 12.1 Å². The molecule has 0 heterocycles. The lowest BCUT2D eigenvalue weighted by Crippen LogP contribution is -2.25. The summed E-state index contributed by atoms with van der Waals surface area (Å²) in [5.74, 6) is -0.993. The summed E-state index contributed by atoms with van der Waals surface area (Å²) < 4.78 is 18.0. The number of ether oxygens (including phenoxy) is 1. The van der Waals surface area contributed by atoms with Crippen LogP contribution in [0.2, 0.25) is 0 Å². The van der Waals surface area contributed by atoms with Crippen molar-refractivity contribution in [2.24, 2.45) is 0 Å². The molecule has 3 N–H and O–H groups in total. The number of anilines is 2. The molecule has 0 fully saturated rings. The Hall–Kier alpha value is -1.76. The van der Waals surface area contributed by atoms with Crippen molar-refractivity contribution < 1.29 is 18.7 Å². The van der Waals surface area contributed by atoms with Crippen LogP contribution in [0.25, 0.3) is 0 Å². The number of hydrogen-bond acceptors (Lipinski definition) is 5. The summed E-state index contributed by atoms with van der Waals surface area (Å²) in [6, 6.07) is 3.73. The molecule has 0 aliphatic heterocycles. The first-order valence-electron chi connectivity index (χ1n) is 6.32. The van der Waals surface area contributed by atoms with E-state index in [1.54, 1.807) is 20.8 Å². The van der Waals surface area contributed by atoms with Crippen LogP contribution in [0.1, 0.15) is 20.8 Å². The molecule has 0 aromatic heterocycles. The highest BCUT2D eigenvalue weighted by Gasteiger charge is 2.16. The van der Waals surface area contributed by atoms with Gasteiger partial charge < -0.3 is 15.8 Å². The molecule has 0 unspecified atom stereocenters. The van der Waals surface area contributed by atoms with Gasteiger partial charge in [0.25, 0.3) is 0 Å². The fourth-order valence-electron chi connectivity index (χ4n) is 1.43. The van der Waals surface area contributed by atoms with E-state index >= 15 is 0 Å². The van der Waals surface area contributed by atoms with Gasteiger partial charge in [0.15, 0.2) is 0 Å². The number of halogens is 1. The first-order valence-corrected chi connectivity index (χ1v) is 7.47. The van der Waals surface area contributed by atoms with Gasteiger partial charge >= 0.3 is 5.97 Å². The van der Waals surface area contributed by atoms with Gasteiger partial charge in [-0.05, 0) is 39.0 Å². The molecule has 0 spiro atoms. The standard InChI is InChI=1S/C14H19FN2O3S/c1-14(2,3)20-13(19)8-21-7-12(18)17-11-5-4-9(15)6-10(11)16/h4-6H,7-8,16H2,1-3H3,(H,17,18). The van der Waals surface area contributed by atoms with Gasteiger partial charge in [-0.25, -0.2) is 4.39 Å². The lowest BCUT2D eigenvalue weighted by molar-refractivity contribution is -0.151. The fourth-order valence-corrected chi connectivity index (χ4v) is 2.02. The van der Waals surface area contributed by atoms with Crippen LogP contribution in [0, 0.1) is 5.82 Å². The zero-order valence-electron chi connectivity index (χ0n) is 12.2. The minimum atomic E-state index is -0.539. The van der Waals surface area contributed by atoms with Gasteiger partial charge in [0.1, 0.15) is 11.4 Å². The molecule has 5 nitrogen and oxygen atoms in total. The molecule has 7 heteroatoms. The van der Waals surface area contributed by atoms with E-state index in [0.29, 0.717) is 5.69 Å². The van der Waals surface area contributed by atoms with Crippen LogP contribution in [0.5, 0.6) is 0 Å². The molecule has 1 rings (SSSR count). The molecule has 0 radical (unpaired) electrons. The molecule has 1 aromatic rings.